The molecule has 136 valence electrons. The number of nitrogens with one attached hydrogen (secondary N) is 2. The van der Waals surface area contributed by atoms with Gasteiger partial charge in [0.05, 0.1) is 5.56 Å². The van der Waals surface area contributed by atoms with Gasteiger partial charge in [-0.2, -0.15) is 8.78 Å². The van der Waals surface area contributed by atoms with E-state index in [1.165, 1.54) is 24.3 Å². The Kier molecular flexibility index (Phi) is 7.17. The van der Waals surface area contributed by atoms with Gasteiger partial charge in [0, 0.05) is 10.9 Å². The summed E-state index contributed by atoms with van der Waals surface area (Å²) in [5.41, 5.74) is -0.0593. The highest BCUT2D eigenvalue weighted by atomic mass is 32.2. The first-order valence-corrected chi connectivity index (χ1v) is 8.65. The Hall–Kier alpha value is -2.16. The van der Waals surface area contributed by atoms with Gasteiger partial charge in [-0.1, -0.05) is 36.7 Å². The molecule has 2 N–H and O–H groups in total. The van der Waals surface area contributed by atoms with Gasteiger partial charge in [-0.15, -0.1) is 0 Å². The lowest BCUT2D eigenvalue weighted by Gasteiger charge is -2.12. The van der Waals surface area contributed by atoms with Crippen LogP contribution in [0, 0.1) is 0 Å². The maximum atomic E-state index is 12.5. The molecule has 0 radical (unpaired) electrons. The second-order valence-corrected chi connectivity index (χ2v) is 6.49. The summed E-state index contributed by atoms with van der Waals surface area (Å²) in [6.07, 6.45) is 3.81. The molecule has 0 aromatic heterocycles. The topological polar surface area (TPSA) is 84.5 Å². The van der Waals surface area contributed by atoms with Crippen LogP contribution in [0.5, 0.6) is 0 Å². The summed E-state index contributed by atoms with van der Waals surface area (Å²) in [6.45, 7) is -0.676. The van der Waals surface area contributed by atoms with Gasteiger partial charge in [0.15, 0.2) is 6.61 Å². The van der Waals surface area contributed by atoms with E-state index in [1.807, 2.05) is 0 Å². The van der Waals surface area contributed by atoms with Gasteiger partial charge in [0.25, 0.3) is 11.7 Å². The number of imide groups is 1. The van der Waals surface area contributed by atoms with Crippen LogP contribution in [-0.4, -0.2) is 36.3 Å². The molecular weight excluding hydrogens is 354 g/mol. The third-order valence-electron chi connectivity index (χ3n) is 3.60. The van der Waals surface area contributed by atoms with Crippen LogP contribution in [0.1, 0.15) is 36.0 Å². The van der Waals surface area contributed by atoms with Crippen molar-refractivity contribution in [1.29, 1.82) is 0 Å². The molecule has 1 aromatic rings. The molecule has 1 fully saturated rings. The number of rotatable bonds is 6. The van der Waals surface area contributed by atoms with Gasteiger partial charge in [-0.05, 0) is 25.0 Å². The van der Waals surface area contributed by atoms with Crippen molar-refractivity contribution in [2.24, 2.45) is 0 Å². The molecule has 1 aliphatic rings. The standard InChI is InChI=1S/C16H18F2N2O4S/c17-15(18)25-12-8-4-3-7-11(12)14(22)24-9-13(21)20-16(23)19-10-5-1-2-6-10/h3-4,7-8,10,15H,1-2,5-6,9H2,(H2,19,20,21,23). The van der Waals surface area contributed by atoms with Crippen LogP contribution in [0.3, 0.4) is 0 Å². The molecule has 0 atom stereocenters. The summed E-state index contributed by atoms with van der Waals surface area (Å²) in [6, 6.07) is 5.12. The highest BCUT2D eigenvalue weighted by Gasteiger charge is 2.20. The highest BCUT2D eigenvalue weighted by molar-refractivity contribution is 7.99. The fourth-order valence-electron chi connectivity index (χ4n) is 2.50. The van der Waals surface area contributed by atoms with E-state index in [2.05, 4.69) is 10.6 Å². The highest BCUT2D eigenvalue weighted by Crippen LogP contribution is 2.28. The molecule has 6 nitrogen and oxygen atoms in total. The number of hydrogen-bond acceptors (Lipinski definition) is 5. The number of amides is 3. The molecule has 3 amide bonds. The number of alkyl halides is 2. The van der Waals surface area contributed by atoms with E-state index in [0.29, 0.717) is 0 Å². The number of benzene rings is 1. The van der Waals surface area contributed by atoms with Crippen LogP contribution in [-0.2, 0) is 9.53 Å². The largest absolute Gasteiger partial charge is 0.452 e. The molecule has 0 saturated heterocycles. The zero-order valence-electron chi connectivity index (χ0n) is 13.3. The maximum Gasteiger partial charge on any atom is 0.339 e. The molecule has 0 unspecified atom stereocenters. The molecule has 25 heavy (non-hydrogen) atoms. The number of halogens is 2. The molecular formula is C16H18F2N2O4S. The molecule has 1 saturated carbocycles. The molecule has 9 heteroatoms. The third kappa shape index (κ3) is 6.33. The van der Waals surface area contributed by atoms with Crippen molar-refractivity contribution in [1.82, 2.24) is 10.6 Å². The number of ether oxygens (including phenoxy) is 1. The molecule has 1 aromatic carbocycles. The Labute approximate surface area is 147 Å². The lowest BCUT2D eigenvalue weighted by atomic mass is 10.2. The van der Waals surface area contributed by atoms with Crippen molar-refractivity contribution in [2.45, 2.75) is 42.4 Å². The fraction of sp³-hybridized carbons (Fsp3) is 0.438. The Morgan fingerprint density at radius 1 is 1.20 bits per heavy atom. The van der Waals surface area contributed by atoms with Gasteiger partial charge in [-0.25, -0.2) is 9.59 Å². The summed E-state index contributed by atoms with van der Waals surface area (Å²) in [4.78, 5) is 35.3. The minimum atomic E-state index is -2.68. The minimum Gasteiger partial charge on any atom is -0.452 e. The summed E-state index contributed by atoms with van der Waals surface area (Å²) in [7, 11) is 0. The summed E-state index contributed by atoms with van der Waals surface area (Å²) >= 11 is 0.217. The van der Waals surface area contributed by atoms with Crippen molar-refractivity contribution in [3.63, 3.8) is 0 Å². The molecule has 0 aliphatic heterocycles. The lowest BCUT2D eigenvalue weighted by Crippen LogP contribution is -2.45. The number of carbonyl (C=O) groups excluding carboxylic acids is 3. The fourth-order valence-corrected chi connectivity index (χ4v) is 3.12. The maximum absolute atomic E-state index is 12.5. The van der Waals surface area contributed by atoms with E-state index < -0.39 is 30.3 Å². The van der Waals surface area contributed by atoms with Crippen LogP contribution < -0.4 is 10.6 Å². The Balaban J connectivity index is 1.81. The summed E-state index contributed by atoms with van der Waals surface area (Å²) < 4.78 is 29.8. The second-order valence-electron chi connectivity index (χ2n) is 5.45. The van der Waals surface area contributed by atoms with E-state index in [-0.39, 0.29) is 28.3 Å². The average Bonchev–Trinajstić information content (AvgIpc) is 3.05. The zero-order chi connectivity index (χ0) is 18.2. The number of urea groups is 1. The number of thioether (sulfide) groups is 1. The smallest absolute Gasteiger partial charge is 0.339 e. The molecule has 0 spiro atoms. The van der Waals surface area contributed by atoms with E-state index in [1.54, 1.807) is 0 Å². The zero-order valence-corrected chi connectivity index (χ0v) is 14.1. The molecule has 2 rings (SSSR count). The number of carbonyl (C=O) groups is 3. The van der Waals surface area contributed by atoms with Crippen molar-refractivity contribution < 1.29 is 27.9 Å². The van der Waals surface area contributed by atoms with Crippen LogP contribution >= 0.6 is 11.8 Å². The van der Waals surface area contributed by atoms with E-state index >= 15 is 0 Å². The Morgan fingerprint density at radius 3 is 2.56 bits per heavy atom. The van der Waals surface area contributed by atoms with Crippen molar-refractivity contribution in [2.75, 3.05) is 6.61 Å². The Morgan fingerprint density at radius 2 is 1.88 bits per heavy atom. The monoisotopic (exact) mass is 372 g/mol. The lowest BCUT2D eigenvalue weighted by molar-refractivity contribution is -0.123. The van der Waals surface area contributed by atoms with Crippen molar-refractivity contribution in [3.8, 4) is 0 Å². The van der Waals surface area contributed by atoms with Gasteiger partial charge in [-0.3, -0.25) is 10.1 Å². The first-order chi connectivity index (χ1) is 12.0. The van der Waals surface area contributed by atoms with E-state index in [0.717, 1.165) is 25.7 Å². The second kappa shape index (κ2) is 9.36. The first kappa shape index (κ1) is 19.2. The molecule has 0 heterocycles. The van der Waals surface area contributed by atoms with Gasteiger partial charge in [0.1, 0.15) is 0 Å². The van der Waals surface area contributed by atoms with Gasteiger partial charge in [0.2, 0.25) is 0 Å². The quantitative estimate of drug-likeness (QED) is 0.592. The van der Waals surface area contributed by atoms with Crippen LogP contribution in [0.15, 0.2) is 29.2 Å². The summed E-state index contributed by atoms with van der Waals surface area (Å²) in [5.74, 6) is -4.38. The SMILES string of the molecule is O=C(COC(=O)c1ccccc1SC(F)F)NC(=O)NC1CCCC1. The Bertz CT molecular complexity index is 636. The van der Waals surface area contributed by atoms with Crippen LogP contribution in [0.2, 0.25) is 0 Å². The first-order valence-electron chi connectivity index (χ1n) is 7.77. The number of hydrogen-bond donors (Lipinski definition) is 2. The number of esters is 1. The van der Waals surface area contributed by atoms with Gasteiger partial charge >= 0.3 is 12.0 Å². The van der Waals surface area contributed by atoms with Crippen LogP contribution in [0.25, 0.3) is 0 Å². The predicted molar refractivity (Wildman–Crippen MR) is 87.5 cm³/mol. The van der Waals surface area contributed by atoms with Gasteiger partial charge < -0.3 is 10.1 Å². The van der Waals surface area contributed by atoms with E-state index in [4.69, 9.17) is 4.74 Å². The third-order valence-corrected chi connectivity index (χ3v) is 4.39. The normalized spacial score (nSPS) is 14.4. The van der Waals surface area contributed by atoms with Crippen molar-refractivity contribution in [3.05, 3.63) is 29.8 Å². The minimum absolute atomic E-state index is 0.0496. The average molecular weight is 372 g/mol. The van der Waals surface area contributed by atoms with E-state index in [9.17, 15) is 23.2 Å². The predicted octanol–water partition coefficient (Wildman–Crippen LogP) is 2.93. The van der Waals surface area contributed by atoms with Crippen LogP contribution in [0.4, 0.5) is 13.6 Å². The van der Waals surface area contributed by atoms with Crippen molar-refractivity contribution >= 4 is 29.7 Å². The molecule has 0 bridgehead atoms. The summed E-state index contributed by atoms with van der Waals surface area (Å²) in [5, 5.41) is 4.73. The molecule has 1 aliphatic carbocycles.